The van der Waals surface area contributed by atoms with Crippen LogP contribution in [0.15, 0.2) is 64.2 Å². The van der Waals surface area contributed by atoms with Crippen molar-refractivity contribution in [3.63, 3.8) is 0 Å². The summed E-state index contributed by atoms with van der Waals surface area (Å²) in [4.78, 5) is 12.3. The molecule has 27 heavy (non-hydrogen) atoms. The first-order valence-electron chi connectivity index (χ1n) is 8.74. The number of nitrogens with one attached hydrogen (secondary N) is 1. The van der Waals surface area contributed by atoms with Gasteiger partial charge in [-0.05, 0) is 31.5 Å². The highest BCUT2D eigenvalue weighted by Gasteiger charge is 2.15. The third kappa shape index (κ3) is 4.99. The normalized spacial score (nSPS) is 12.0. The predicted molar refractivity (Wildman–Crippen MR) is 113 cm³/mol. The second-order valence-electron chi connectivity index (χ2n) is 6.05. The maximum absolute atomic E-state index is 12.3. The summed E-state index contributed by atoms with van der Waals surface area (Å²) in [5.41, 5.74) is 2.09. The fourth-order valence-electron chi connectivity index (χ4n) is 2.73. The maximum Gasteiger partial charge on any atom is 0.230 e. The third-order valence-corrected chi connectivity index (χ3v) is 5.64. The van der Waals surface area contributed by atoms with Crippen molar-refractivity contribution >= 4 is 33.6 Å². The molecule has 0 fully saturated rings. The molecule has 0 aliphatic carbocycles. The van der Waals surface area contributed by atoms with Crippen LogP contribution in [-0.2, 0) is 11.3 Å². The largest absolute Gasteiger partial charge is 0.349 e. The van der Waals surface area contributed by atoms with E-state index in [9.17, 15) is 4.79 Å². The molecule has 0 unspecified atom stereocenters. The zero-order valence-electron chi connectivity index (χ0n) is 15.2. The van der Waals surface area contributed by atoms with E-state index >= 15 is 0 Å². The molecule has 0 radical (unpaired) electrons. The Morgan fingerprint density at radius 3 is 2.52 bits per heavy atom. The molecule has 2 aromatic carbocycles. The summed E-state index contributed by atoms with van der Waals surface area (Å²) >= 11 is 4.85. The van der Waals surface area contributed by atoms with Gasteiger partial charge in [-0.1, -0.05) is 70.2 Å². The van der Waals surface area contributed by atoms with Crippen molar-refractivity contribution in [3.8, 4) is 11.4 Å². The Labute approximate surface area is 171 Å². The first-order valence-corrected chi connectivity index (χ1v) is 10.5. The molecule has 0 saturated heterocycles. The molecule has 7 heteroatoms. The van der Waals surface area contributed by atoms with Gasteiger partial charge < -0.3 is 9.88 Å². The average Bonchev–Trinajstić information content (AvgIpc) is 3.10. The van der Waals surface area contributed by atoms with Crippen LogP contribution < -0.4 is 5.32 Å². The van der Waals surface area contributed by atoms with Crippen molar-refractivity contribution in [3.05, 3.63) is 64.6 Å². The van der Waals surface area contributed by atoms with Gasteiger partial charge in [0.1, 0.15) is 0 Å². The highest BCUT2D eigenvalue weighted by atomic mass is 79.9. The number of benzene rings is 2. The summed E-state index contributed by atoms with van der Waals surface area (Å²) in [5, 5.41) is 12.4. The molecule has 1 atom stereocenters. The highest BCUT2D eigenvalue weighted by Crippen LogP contribution is 2.25. The predicted octanol–water partition coefficient (Wildman–Crippen LogP) is 4.70. The molecule has 3 rings (SSSR count). The van der Waals surface area contributed by atoms with Gasteiger partial charge in [0.25, 0.3) is 0 Å². The standard InChI is InChI=1S/C20H21BrN4OS/c1-3-25-19(16-9-11-17(21)12-10-16)23-24-20(25)27-13-18(26)22-14(2)15-7-5-4-6-8-15/h4-12,14H,3,13H2,1-2H3,(H,22,26)/t14-/m0/s1. The summed E-state index contributed by atoms with van der Waals surface area (Å²) < 4.78 is 3.05. The molecule has 140 valence electrons. The molecule has 0 saturated carbocycles. The lowest BCUT2D eigenvalue weighted by atomic mass is 10.1. The van der Waals surface area contributed by atoms with E-state index in [4.69, 9.17) is 0 Å². The Morgan fingerprint density at radius 2 is 1.85 bits per heavy atom. The van der Waals surface area contributed by atoms with Gasteiger partial charge in [0.05, 0.1) is 11.8 Å². The molecule has 1 aromatic heterocycles. The Balaban J connectivity index is 1.64. The fraction of sp³-hybridized carbons (Fsp3) is 0.250. The van der Waals surface area contributed by atoms with Crippen LogP contribution in [0.2, 0.25) is 0 Å². The van der Waals surface area contributed by atoms with E-state index in [0.29, 0.717) is 5.75 Å². The first-order chi connectivity index (χ1) is 13.1. The van der Waals surface area contributed by atoms with Crippen molar-refractivity contribution < 1.29 is 4.79 Å². The van der Waals surface area contributed by atoms with Crippen LogP contribution in [0.5, 0.6) is 0 Å². The van der Waals surface area contributed by atoms with Crippen LogP contribution in [0.4, 0.5) is 0 Å². The van der Waals surface area contributed by atoms with E-state index in [1.54, 1.807) is 0 Å². The van der Waals surface area contributed by atoms with Gasteiger partial charge >= 0.3 is 0 Å². The highest BCUT2D eigenvalue weighted by molar-refractivity contribution is 9.10. The topological polar surface area (TPSA) is 59.8 Å². The zero-order valence-corrected chi connectivity index (χ0v) is 17.6. The van der Waals surface area contributed by atoms with Gasteiger partial charge in [-0.3, -0.25) is 4.79 Å². The first kappa shape index (κ1) is 19.6. The maximum atomic E-state index is 12.3. The van der Waals surface area contributed by atoms with Crippen LogP contribution >= 0.6 is 27.7 Å². The molecule has 0 bridgehead atoms. The van der Waals surface area contributed by atoms with Gasteiger partial charge in [-0.25, -0.2) is 0 Å². The van der Waals surface area contributed by atoms with Crippen LogP contribution in [0.1, 0.15) is 25.5 Å². The zero-order chi connectivity index (χ0) is 19.2. The molecule has 0 aliphatic heterocycles. The Bertz CT molecular complexity index is 896. The van der Waals surface area contributed by atoms with Gasteiger partial charge in [0.2, 0.25) is 5.91 Å². The smallest absolute Gasteiger partial charge is 0.230 e. The van der Waals surface area contributed by atoms with E-state index in [-0.39, 0.29) is 11.9 Å². The molecule has 3 aromatic rings. The second kappa shape index (κ2) is 9.19. The van der Waals surface area contributed by atoms with Crippen LogP contribution in [0.25, 0.3) is 11.4 Å². The monoisotopic (exact) mass is 444 g/mol. The molecule has 1 N–H and O–H groups in total. The number of carbonyl (C=O) groups excluding carboxylic acids is 1. The van der Waals surface area contributed by atoms with E-state index in [0.717, 1.165) is 33.1 Å². The van der Waals surface area contributed by atoms with Gasteiger partial charge in [0.15, 0.2) is 11.0 Å². The number of thioether (sulfide) groups is 1. The second-order valence-corrected chi connectivity index (χ2v) is 7.90. The summed E-state index contributed by atoms with van der Waals surface area (Å²) in [5.74, 6) is 1.09. The third-order valence-electron chi connectivity index (χ3n) is 4.14. The average molecular weight is 445 g/mol. The number of hydrogen-bond acceptors (Lipinski definition) is 4. The van der Waals surface area contributed by atoms with E-state index in [2.05, 4.69) is 31.4 Å². The lowest BCUT2D eigenvalue weighted by Gasteiger charge is -2.14. The molecular formula is C20H21BrN4OS. The minimum Gasteiger partial charge on any atom is -0.349 e. The van der Waals surface area contributed by atoms with Crippen molar-refractivity contribution in [2.45, 2.75) is 31.6 Å². The van der Waals surface area contributed by atoms with E-state index in [1.165, 1.54) is 11.8 Å². The number of amides is 1. The minimum absolute atomic E-state index is 0.0211. The number of hydrogen-bond donors (Lipinski definition) is 1. The lowest BCUT2D eigenvalue weighted by Crippen LogP contribution is -2.28. The van der Waals surface area contributed by atoms with Crippen molar-refractivity contribution in [1.82, 2.24) is 20.1 Å². The van der Waals surface area contributed by atoms with Gasteiger partial charge in [-0.2, -0.15) is 0 Å². The summed E-state index contributed by atoms with van der Waals surface area (Å²) in [7, 11) is 0. The van der Waals surface area contributed by atoms with Gasteiger partial charge in [-0.15, -0.1) is 10.2 Å². The number of rotatable bonds is 7. The number of halogens is 1. The lowest BCUT2D eigenvalue weighted by molar-refractivity contribution is -0.119. The molecule has 0 spiro atoms. The van der Waals surface area contributed by atoms with Crippen LogP contribution in [-0.4, -0.2) is 26.4 Å². The number of aromatic nitrogens is 3. The van der Waals surface area contributed by atoms with Crippen molar-refractivity contribution in [1.29, 1.82) is 0 Å². The van der Waals surface area contributed by atoms with Crippen LogP contribution in [0, 0.1) is 0 Å². The Morgan fingerprint density at radius 1 is 1.15 bits per heavy atom. The van der Waals surface area contributed by atoms with Gasteiger partial charge in [0, 0.05) is 16.6 Å². The number of carbonyl (C=O) groups is 1. The fourth-order valence-corrected chi connectivity index (χ4v) is 3.81. The van der Waals surface area contributed by atoms with Crippen molar-refractivity contribution in [2.24, 2.45) is 0 Å². The molecule has 0 aliphatic rings. The Hall–Kier alpha value is -2.12. The SMILES string of the molecule is CCn1c(SCC(=O)N[C@@H](C)c2ccccc2)nnc1-c1ccc(Br)cc1. The van der Waals surface area contributed by atoms with Crippen LogP contribution in [0.3, 0.4) is 0 Å². The van der Waals surface area contributed by atoms with E-state index < -0.39 is 0 Å². The molecule has 1 amide bonds. The van der Waals surface area contributed by atoms with Crippen molar-refractivity contribution in [2.75, 3.05) is 5.75 Å². The minimum atomic E-state index is -0.0262. The molecule has 5 nitrogen and oxygen atoms in total. The molecule has 1 heterocycles. The number of nitrogens with zero attached hydrogens (tertiary/aromatic N) is 3. The van der Waals surface area contributed by atoms with E-state index in [1.807, 2.05) is 73.0 Å². The summed E-state index contributed by atoms with van der Waals surface area (Å²) in [6.45, 7) is 4.77. The quantitative estimate of drug-likeness (QED) is 0.536. The summed E-state index contributed by atoms with van der Waals surface area (Å²) in [6, 6.07) is 17.9. The summed E-state index contributed by atoms with van der Waals surface area (Å²) in [6.07, 6.45) is 0. The Kier molecular flexibility index (Phi) is 6.68. The molecular weight excluding hydrogens is 424 g/mol.